The van der Waals surface area contributed by atoms with Crippen molar-refractivity contribution in [2.24, 2.45) is 5.92 Å². The van der Waals surface area contributed by atoms with Crippen molar-refractivity contribution < 1.29 is 18.7 Å². The number of ether oxygens (including phenoxy) is 2. The molecule has 216 valence electrons. The van der Waals surface area contributed by atoms with Gasteiger partial charge in [0.2, 0.25) is 5.91 Å². The van der Waals surface area contributed by atoms with E-state index < -0.39 is 0 Å². The van der Waals surface area contributed by atoms with Crippen LogP contribution in [0.15, 0.2) is 60.8 Å². The number of nitrogens with zero attached hydrogens (tertiary/aromatic N) is 2. The first-order valence-electron chi connectivity index (χ1n) is 14.5. The fraction of sp³-hybridized carbons (Fsp3) is 0.455. The Hall–Kier alpha value is -3.29. The maximum atomic E-state index is 14.0. The number of carbonyl (C=O) groups is 1. The number of hydrogen-bond acceptors (Lipinski definition) is 5. The van der Waals surface area contributed by atoms with Gasteiger partial charge in [0.25, 0.3) is 0 Å². The Labute approximate surface area is 238 Å². The van der Waals surface area contributed by atoms with Crippen LogP contribution in [0.5, 0.6) is 5.75 Å². The van der Waals surface area contributed by atoms with Crippen LogP contribution in [0.3, 0.4) is 0 Å². The van der Waals surface area contributed by atoms with Gasteiger partial charge >= 0.3 is 0 Å². The van der Waals surface area contributed by atoms with Crippen molar-refractivity contribution in [3.63, 3.8) is 0 Å². The predicted octanol–water partition coefficient (Wildman–Crippen LogP) is 6.07. The second-order valence-corrected chi connectivity index (χ2v) is 10.2. The number of nitrogens with one attached hydrogen (secondary N) is 1. The highest BCUT2D eigenvalue weighted by molar-refractivity contribution is 5.78. The minimum Gasteiger partial charge on any atom is -0.492 e. The van der Waals surface area contributed by atoms with Crippen molar-refractivity contribution in [1.29, 1.82) is 0 Å². The largest absolute Gasteiger partial charge is 0.492 e. The average molecular weight is 550 g/mol. The lowest BCUT2D eigenvalue weighted by molar-refractivity contribution is -0.120. The molecule has 1 saturated heterocycles. The summed E-state index contributed by atoms with van der Waals surface area (Å²) in [7, 11) is 0. The third-order valence-electron chi connectivity index (χ3n) is 6.65. The molecule has 1 amide bonds. The fourth-order valence-electron chi connectivity index (χ4n) is 4.41. The van der Waals surface area contributed by atoms with E-state index in [2.05, 4.69) is 29.0 Å². The first-order valence-corrected chi connectivity index (χ1v) is 14.5. The molecule has 1 N–H and O–H groups in total. The van der Waals surface area contributed by atoms with E-state index in [1.165, 1.54) is 6.07 Å². The highest BCUT2D eigenvalue weighted by atomic mass is 19.1. The zero-order valence-electron chi connectivity index (χ0n) is 24.4. The van der Waals surface area contributed by atoms with E-state index in [1.807, 2.05) is 56.3 Å². The zero-order chi connectivity index (χ0) is 28.7. The minimum atomic E-state index is -0.264. The topological polar surface area (TPSA) is 63.7 Å². The molecule has 0 spiro atoms. The van der Waals surface area contributed by atoms with Gasteiger partial charge in [-0.3, -0.25) is 14.7 Å². The van der Waals surface area contributed by atoms with Crippen molar-refractivity contribution in [1.82, 2.24) is 15.2 Å². The summed E-state index contributed by atoms with van der Waals surface area (Å²) >= 11 is 0. The molecule has 6 nitrogen and oxygen atoms in total. The predicted molar refractivity (Wildman–Crippen MR) is 159 cm³/mol. The number of rotatable bonds is 12. The molecule has 1 aliphatic rings. The van der Waals surface area contributed by atoms with Crippen molar-refractivity contribution in [2.75, 3.05) is 39.5 Å². The van der Waals surface area contributed by atoms with E-state index >= 15 is 0 Å². The molecule has 0 bridgehead atoms. The first kappa shape index (κ1) is 31.2. The van der Waals surface area contributed by atoms with Gasteiger partial charge in [-0.25, -0.2) is 4.39 Å². The summed E-state index contributed by atoms with van der Waals surface area (Å²) in [6.07, 6.45) is 3.79. The first-order chi connectivity index (χ1) is 19.4. The molecule has 7 heteroatoms. The lowest BCUT2D eigenvalue weighted by Gasteiger charge is -2.26. The van der Waals surface area contributed by atoms with Crippen LogP contribution >= 0.6 is 0 Å². The smallest absolute Gasteiger partial charge is 0.226 e. The van der Waals surface area contributed by atoms with Gasteiger partial charge < -0.3 is 14.8 Å². The molecule has 1 aromatic heterocycles. The molecule has 0 saturated carbocycles. The van der Waals surface area contributed by atoms with Gasteiger partial charge in [-0.1, -0.05) is 52.0 Å². The molecule has 0 aliphatic carbocycles. The summed E-state index contributed by atoms with van der Waals surface area (Å²) in [6, 6.07) is 16.8. The van der Waals surface area contributed by atoms with Crippen molar-refractivity contribution in [3.8, 4) is 16.9 Å². The average Bonchev–Trinajstić information content (AvgIpc) is 2.97. The quantitative estimate of drug-likeness (QED) is 0.297. The molecule has 2 aromatic carbocycles. The van der Waals surface area contributed by atoms with Gasteiger partial charge in [-0.05, 0) is 65.8 Å². The molecule has 2 heterocycles. The summed E-state index contributed by atoms with van der Waals surface area (Å²) in [4.78, 5) is 19.3. The second-order valence-electron chi connectivity index (χ2n) is 10.2. The maximum absolute atomic E-state index is 14.0. The Morgan fingerprint density at radius 2 is 1.73 bits per heavy atom. The Morgan fingerprint density at radius 3 is 2.40 bits per heavy atom. The molecule has 0 radical (unpaired) electrons. The maximum Gasteiger partial charge on any atom is 0.226 e. The minimum absolute atomic E-state index is 0.142. The molecular weight excluding hydrogens is 505 g/mol. The zero-order valence-corrected chi connectivity index (χ0v) is 24.4. The standard InChI is InChI=1S/C31H38FN3O3.C2H6/c1-23(2)3-4-24-17-25(19-28(32)18-24)21-34-31(36)20-29-8-5-27(22-33-29)26-6-9-30(10-7-26)38-16-13-35-11-14-37-15-12-35;1-2/h5-10,17-19,22-23H,3-4,11-16,20-21H2,1-2H3,(H,34,36);1-2H3. The monoisotopic (exact) mass is 549 g/mol. The Balaban J connectivity index is 0.00000216. The highest BCUT2D eigenvalue weighted by Crippen LogP contribution is 2.22. The summed E-state index contributed by atoms with van der Waals surface area (Å²) < 4.78 is 25.3. The number of aromatic nitrogens is 1. The lowest BCUT2D eigenvalue weighted by atomic mass is 10.0. The number of hydrogen-bond donors (Lipinski definition) is 1. The Morgan fingerprint density at radius 1 is 1.02 bits per heavy atom. The second kappa shape index (κ2) is 16.7. The summed E-state index contributed by atoms with van der Waals surface area (Å²) in [5.74, 6) is 0.996. The van der Waals surface area contributed by atoms with Gasteiger partial charge in [0.15, 0.2) is 0 Å². The van der Waals surface area contributed by atoms with E-state index in [0.717, 1.165) is 73.7 Å². The number of amides is 1. The summed E-state index contributed by atoms with van der Waals surface area (Å²) in [5.41, 5.74) is 4.43. The van der Waals surface area contributed by atoms with E-state index in [9.17, 15) is 9.18 Å². The molecule has 4 rings (SSSR count). The van der Waals surface area contributed by atoms with Gasteiger partial charge in [-0.2, -0.15) is 0 Å². The molecule has 0 atom stereocenters. The van der Waals surface area contributed by atoms with Crippen LogP contribution in [0.2, 0.25) is 0 Å². The SMILES string of the molecule is CC.CC(C)CCc1cc(F)cc(CNC(=O)Cc2ccc(-c3ccc(OCCN4CCOCC4)cc3)cn2)c1. The lowest BCUT2D eigenvalue weighted by Crippen LogP contribution is -2.38. The third kappa shape index (κ3) is 10.7. The van der Waals surface area contributed by atoms with E-state index in [0.29, 0.717) is 24.8 Å². The van der Waals surface area contributed by atoms with Crippen LogP contribution in [0, 0.1) is 11.7 Å². The van der Waals surface area contributed by atoms with Crippen molar-refractivity contribution in [3.05, 3.63) is 83.4 Å². The molecular formula is C33H44FN3O3. The number of pyridine rings is 1. The molecule has 1 aliphatic heterocycles. The van der Waals surface area contributed by atoms with Crippen LogP contribution in [-0.4, -0.2) is 55.2 Å². The van der Waals surface area contributed by atoms with Gasteiger partial charge in [-0.15, -0.1) is 0 Å². The molecule has 1 fully saturated rings. The fourth-order valence-corrected chi connectivity index (χ4v) is 4.41. The van der Waals surface area contributed by atoms with Gasteiger partial charge in [0, 0.05) is 43.6 Å². The number of benzene rings is 2. The highest BCUT2D eigenvalue weighted by Gasteiger charge is 2.10. The normalized spacial score (nSPS) is 13.4. The number of carbonyl (C=O) groups excluding carboxylic acids is 1. The Kier molecular flexibility index (Phi) is 13.1. The summed E-state index contributed by atoms with van der Waals surface area (Å²) in [6.45, 7) is 13.6. The third-order valence-corrected chi connectivity index (χ3v) is 6.65. The van der Waals surface area contributed by atoms with Crippen LogP contribution in [0.1, 0.15) is 50.9 Å². The van der Waals surface area contributed by atoms with Crippen molar-refractivity contribution >= 4 is 5.91 Å². The number of halogens is 1. The van der Waals surface area contributed by atoms with Gasteiger partial charge in [0.1, 0.15) is 18.2 Å². The number of morpholine rings is 1. The molecule has 3 aromatic rings. The van der Waals surface area contributed by atoms with Crippen LogP contribution in [-0.2, 0) is 28.9 Å². The van der Waals surface area contributed by atoms with E-state index in [4.69, 9.17) is 9.47 Å². The molecule has 40 heavy (non-hydrogen) atoms. The van der Waals surface area contributed by atoms with Gasteiger partial charge in [0.05, 0.1) is 19.6 Å². The van der Waals surface area contributed by atoms with Crippen LogP contribution in [0.25, 0.3) is 11.1 Å². The Bertz CT molecular complexity index is 1160. The van der Waals surface area contributed by atoms with Crippen LogP contribution in [0.4, 0.5) is 4.39 Å². The molecule has 0 unspecified atom stereocenters. The number of aryl methyl sites for hydroxylation is 1. The van der Waals surface area contributed by atoms with Crippen molar-refractivity contribution in [2.45, 2.75) is 53.5 Å². The van der Waals surface area contributed by atoms with Crippen LogP contribution < -0.4 is 10.1 Å². The van der Waals surface area contributed by atoms with E-state index in [-0.39, 0.29) is 18.1 Å². The summed E-state index contributed by atoms with van der Waals surface area (Å²) in [5, 5.41) is 2.89. The van der Waals surface area contributed by atoms with E-state index in [1.54, 1.807) is 12.3 Å².